The van der Waals surface area contributed by atoms with E-state index in [2.05, 4.69) is 20.8 Å². The Balaban J connectivity index is 2.96. The Bertz CT molecular complexity index is 297. The van der Waals surface area contributed by atoms with Gasteiger partial charge in [-0.2, -0.15) is 0 Å². The predicted molar refractivity (Wildman–Crippen MR) is 52.9 cm³/mol. The van der Waals surface area contributed by atoms with Crippen LogP contribution in [0.25, 0.3) is 0 Å². The van der Waals surface area contributed by atoms with Crippen molar-refractivity contribution in [2.24, 2.45) is 5.41 Å². The minimum absolute atomic E-state index is 0.0115. The number of phenolic OH excluding ortho intramolecular Hbond substituents is 2. The van der Waals surface area contributed by atoms with Gasteiger partial charge in [0.2, 0.25) is 0 Å². The average Bonchev–Trinajstić information content (AvgIpc) is 1.96. The normalized spacial score (nSPS) is 11.6. The maximum Gasteiger partial charge on any atom is 0.160 e. The van der Waals surface area contributed by atoms with Crippen molar-refractivity contribution in [3.8, 4) is 11.5 Å². The van der Waals surface area contributed by atoms with Crippen molar-refractivity contribution in [3.63, 3.8) is 0 Å². The van der Waals surface area contributed by atoms with E-state index in [0.29, 0.717) is 0 Å². The van der Waals surface area contributed by atoms with E-state index in [-0.39, 0.29) is 16.9 Å². The zero-order valence-corrected chi connectivity index (χ0v) is 8.33. The van der Waals surface area contributed by atoms with Gasteiger partial charge in [-0.05, 0) is 23.5 Å². The van der Waals surface area contributed by atoms with Gasteiger partial charge in [0.15, 0.2) is 11.5 Å². The van der Waals surface area contributed by atoms with Crippen molar-refractivity contribution in [1.29, 1.82) is 0 Å². The van der Waals surface area contributed by atoms with Crippen LogP contribution in [0, 0.1) is 5.41 Å². The molecule has 1 aromatic carbocycles. The summed E-state index contributed by atoms with van der Waals surface area (Å²) in [5, 5.41) is 18.8. The maximum absolute atomic E-state index is 9.51. The van der Waals surface area contributed by atoms with Gasteiger partial charge in [-0.1, -0.05) is 32.9 Å². The molecule has 0 unspecified atom stereocenters. The Kier molecular flexibility index (Phi) is 2.50. The molecule has 1 rings (SSSR count). The summed E-state index contributed by atoms with van der Waals surface area (Å²) >= 11 is 0. The molecule has 0 saturated carbocycles. The summed E-state index contributed by atoms with van der Waals surface area (Å²) in [5.74, 6) is -0.0285. The van der Waals surface area contributed by atoms with Gasteiger partial charge in [0.1, 0.15) is 0 Å². The first-order valence-corrected chi connectivity index (χ1v) is 4.40. The zero-order valence-electron chi connectivity index (χ0n) is 8.33. The zero-order chi connectivity index (χ0) is 10.1. The fourth-order valence-electron chi connectivity index (χ4n) is 1.29. The molecule has 0 aliphatic heterocycles. The van der Waals surface area contributed by atoms with Crippen LogP contribution in [0.2, 0.25) is 0 Å². The standard InChI is InChI=1S/C11H16O2/c1-11(2,3)7-8-5-4-6-9(12)10(8)13/h4-6,12-13H,7H2,1-3H3. The molecule has 2 N–H and O–H groups in total. The lowest BCUT2D eigenvalue weighted by molar-refractivity contribution is 0.374. The Hall–Kier alpha value is -1.18. The highest BCUT2D eigenvalue weighted by Crippen LogP contribution is 2.32. The highest BCUT2D eigenvalue weighted by molar-refractivity contribution is 5.44. The van der Waals surface area contributed by atoms with Crippen LogP contribution in [-0.4, -0.2) is 10.2 Å². The molecular weight excluding hydrogens is 164 g/mol. The van der Waals surface area contributed by atoms with Crippen LogP contribution in [0.1, 0.15) is 26.3 Å². The van der Waals surface area contributed by atoms with Crippen molar-refractivity contribution >= 4 is 0 Å². The first kappa shape index (κ1) is 9.90. The molecule has 0 atom stereocenters. The fourth-order valence-corrected chi connectivity index (χ4v) is 1.29. The summed E-state index contributed by atoms with van der Waals surface area (Å²) in [4.78, 5) is 0. The summed E-state index contributed by atoms with van der Waals surface area (Å²) < 4.78 is 0. The molecule has 0 saturated heterocycles. The van der Waals surface area contributed by atoms with E-state index in [1.165, 1.54) is 6.07 Å². The summed E-state index contributed by atoms with van der Waals surface area (Å²) in [5.41, 5.74) is 0.915. The molecule has 72 valence electrons. The number of aromatic hydroxyl groups is 2. The van der Waals surface area contributed by atoms with E-state index in [1.807, 2.05) is 6.07 Å². The number of hydrogen-bond acceptors (Lipinski definition) is 2. The number of phenols is 2. The van der Waals surface area contributed by atoms with Gasteiger partial charge < -0.3 is 10.2 Å². The molecule has 0 fully saturated rings. The molecule has 0 aromatic heterocycles. The smallest absolute Gasteiger partial charge is 0.160 e. The molecule has 2 nitrogen and oxygen atoms in total. The SMILES string of the molecule is CC(C)(C)Cc1cccc(O)c1O. The van der Waals surface area contributed by atoms with Gasteiger partial charge in [-0.3, -0.25) is 0 Å². The monoisotopic (exact) mass is 180 g/mol. The molecule has 0 spiro atoms. The molecule has 0 aliphatic rings. The molecule has 1 aromatic rings. The Morgan fingerprint density at radius 2 is 1.77 bits per heavy atom. The minimum Gasteiger partial charge on any atom is -0.504 e. The number of rotatable bonds is 1. The highest BCUT2D eigenvalue weighted by atomic mass is 16.3. The number of para-hydroxylation sites is 1. The summed E-state index contributed by atoms with van der Waals surface area (Å²) in [6.45, 7) is 6.28. The van der Waals surface area contributed by atoms with Crippen molar-refractivity contribution in [2.45, 2.75) is 27.2 Å². The third-order valence-corrected chi connectivity index (χ3v) is 1.82. The van der Waals surface area contributed by atoms with Crippen LogP contribution >= 0.6 is 0 Å². The van der Waals surface area contributed by atoms with E-state index in [9.17, 15) is 10.2 Å². The third-order valence-electron chi connectivity index (χ3n) is 1.82. The fraction of sp³-hybridized carbons (Fsp3) is 0.455. The van der Waals surface area contributed by atoms with E-state index < -0.39 is 0 Å². The lowest BCUT2D eigenvalue weighted by Gasteiger charge is -2.18. The van der Waals surface area contributed by atoms with Gasteiger partial charge in [0.25, 0.3) is 0 Å². The van der Waals surface area contributed by atoms with E-state index >= 15 is 0 Å². The third kappa shape index (κ3) is 2.65. The number of hydrogen-bond donors (Lipinski definition) is 2. The van der Waals surface area contributed by atoms with E-state index in [0.717, 1.165) is 12.0 Å². The molecule has 0 amide bonds. The van der Waals surface area contributed by atoms with Gasteiger partial charge in [0, 0.05) is 0 Å². The first-order valence-electron chi connectivity index (χ1n) is 4.40. The second kappa shape index (κ2) is 3.29. The average molecular weight is 180 g/mol. The van der Waals surface area contributed by atoms with E-state index in [4.69, 9.17) is 0 Å². The van der Waals surface area contributed by atoms with Gasteiger partial charge in [0.05, 0.1) is 0 Å². The minimum atomic E-state index is -0.0400. The van der Waals surface area contributed by atoms with Gasteiger partial charge >= 0.3 is 0 Å². The van der Waals surface area contributed by atoms with Crippen molar-refractivity contribution in [1.82, 2.24) is 0 Å². The van der Waals surface area contributed by atoms with Gasteiger partial charge in [-0.15, -0.1) is 0 Å². The first-order chi connectivity index (χ1) is 5.90. The lowest BCUT2D eigenvalue weighted by atomic mass is 9.88. The highest BCUT2D eigenvalue weighted by Gasteiger charge is 2.15. The topological polar surface area (TPSA) is 40.5 Å². The maximum atomic E-state index is 9.51. The quantitative estimate of drug-likeness (QED) is 0.652. The molecule has 2 heteroatoms. The molecule has 0 bridgehead atoms. The summed E-state index contributed by atoms with van der Waals surface area (Å²) in [7, 11) is 0. The number of benzene rings is 1. The van der Waals surface area contributed by atoms with Crippen LogP contribution in [0.5, 0.6) is 11.5 Å². The summed E-state index contributed by atoms with van der Waals surface area (Å²) in [6.07, 6.45) is 0.757. The van der Waals surface area contributed by atoms with Crippen molar-refractivity contribution < 1.29 is 10.2 Å². The predicted octanol–water partition coefficient (Wildman–Crippen LogP) is 2.69. The summed E-state index contributed by atoms with van der Waals surface area (Å²) in [6, 6.07) is 5.07. The Labute approximate surface area is 78.8 Å². The molecule has 13 heavy (non-hydrogen) atoms. The van der Waals surface area contributed by atoms with Crippen LogP contribution in [0.3, 0.4) is 0 Å². The van der Waals surface area contributed by atoms with Gasteiger partial charge in [-0.25, -0.2) is 0 Å². The second-order valence-corrected chi connectivity index (χ2v) is 4.52. The van der Waals surface area contributed by atoms with E-state index in [1.54, 1.807) is 6.07 Å². The van der Waals surface area contributed by atoms with Crippen LogP contribution in [-0.2, 0) is 6.42 Å². The largest absolute Gasteiger partial charge is 0.504 e. The van der Waals surface area contributed by atoms with Crippen LogP contribution < -0.4 is 0 Å². The molecule has 0 aliphatic carbocycles. The second-order valence-electron chi connectivity index (χ2n) is 4.52. The molecule has 0 heterocycles. The molecule has 0 radical (unpaired) electrons. The Morgan fingerprint density at radius 3 is 2.31 bits per heavy atom. The van der Waals surface area contributed by atoms with Crippen LogP contribution in [0.15, 0.2) is 18.2 Å². The van der Waals surface area contributed by atoms with Crippen LogP contribution in [0.4, 0.5) is 0 Å². The van der Waals surface area contributed by atoms with Crippen molar-refractivity contribution in [2.75, 3.05) is 0 Å². The van der Waals surface area contributed by atoms with Crippen molar-refractivity contribution in [3.05, 3.63) is 23.8 Å². The lowest BCUT2D eigenvalue weighted by Crippen LogP contribution is -2.09. The molecular formula is C11H16O2. The Morgan fingerprint density at radius 1 is 1.15 bits per heavy atom.